The summed E-state index contributed by atoms with van der Waals surface area (Å²) in [6.45, 7) is 3.95. The molecule has 138 valence electrons. The van der Waals surface area contributed by atoms with E-state index in [0.717, 1.165) is 17.0 Å². The van der Waals surface area contributed by atoms with Gasteiger partial charge in [0.2, 0.25) is 5.16 Å². The number of hydrogen-bond acceptors (Lipinski definition) is 7. The molecule has 0 spiro atoms. The maximum atomic E-state index is 12.2. The number of fused-ring (bicyclic) bond motifs is 1. The molecule has 0 radical (unpaired) electrons. The van der Waals surface area contributed by atoms with E-state index in [0.29, 0.717) is 28.5 Å². The Morgan fingerprint density at radius 2 is 2.07 bits per heavy atom. The highest BCUT2D eigenvalue weighted by Crippen LogP contribution is 2.18. The molecule has 8 heteroatoms. The van der Waals surface area contributed by atoms with Gasteiger partial charge in [-0.3, -0.25) is 4.79 Å². The zero-order chi connectivity index (χ0) is 19.4. The highest BCUT2D eigenvalue weighted by atomic mass is 32.2. The summed E-state index contributed by atoms with van der Waals surface area (Å²) >= 11 is 1.46. The fraction of sp³-hybridized carbons (Fsp3) is 0.316. The average molecular weight is 381 g/mol. The van der Waals surface area contributed by atoms with Gasteiger partial charge >= 0.3 is 5.97 Å². The van der Waals surface area contributed by atoms with E-state index in [-0.39, 0.29) is 19.0 Å². The molecule has 0 aliphatic carbocycles. The van der Waals surface area contributed by atoms with Gasteiger partial charge in [-0.1, -0.05) is 30.0 Å². The van der Waals surface area contributed by atoms with Gasteiger partial charge in [-0.2, -0.15) is 10.2 Å². The van der Waals surface area contributed by atoms with Crippen LogP contribution in [0.25, 0.3) is 5.78 Å². The van der Waals surface area contributed by atoms with E-state index in [2.05, 4.69) is 21.1 Å². The number of nitrogens with zero attached hydrogens (tertiary/aromatic N) is 5. The number of carbonyl (C=O) groups excluding carboxylic acids is 1. The van der Waals surface area contributed by atoms with Gasteiger partial charge in [-0.25, -0.2) is 9.50 Å². The standard InChI is InChI=1S/C19H19N5O2S/c1-12-16(13(2)24-18(21-12)22-19(23-24)27-3)8-9-17(25)26-11-15-7-5-4-6-14(15)10-20/h4-7H,8-9,11H2,1-3H3. The first-order chi connectivity index (χ1) is 13.0. The van der Waals surface area contributed by atoms with E-state index >= 15 is 0 Å². The van der Waals surface area contributed by atoms with E-state index in [1.165, 1.54) is 11.8 Å². The van der Waals surface area contributed by atoms with Crippen LogP contribution in [0.5, 0.6) is 0 Å². The number of esters is 1. The summed E-state index contributed by atoms with van der Waals surface area (Å²) in [6, 6.07) is 9.19. The molecule has 0 aliphatic heterocycles. The quantitative estimate of drug-likeness (QED) is 0.478. The van der Waals surface area contributed by atoms with Gasteiger partial charge in [0, 0.05) is 23.4 Å². The molecule has 0 fully saturated rings. The molecule has 0 unspecified atom stereocenters. The van der Waals surface area contributed by atoms with E-state index in [1.807, 2.05) is 26.2 Å². The third-order valence-corrected chi connectivity index (χ3v) is 4.86. The van der Waals surface area contributed by atoms with Crippen LogP contribution in [0.2, 0.25) is 0 Å². The molecular weight excluding hydrogens is 362 g/mol. The summed E-state index contributed by atoms with van der Waals surface area (Å²) in [5, 5.41) is 14.2. The van der Waals surface area contributed by atoms with Crippen molar-refractivity contribution in [2.24, 2.45) is 0 Å². The fourth-order valence-corrected chi connectivity index (χ4v) is 3.19. The van der Waals surface area contributed by atoms with E-state index in [4.69, 9.17) is 10.00 Å². The SMILES string of the molecule is CSc1nc2nc(C)c(CCC(=O)OCc3ccccc3C#N)c(C)n2n1. The Bertz CT molecular complexity index is 1040. The van der Waals surface area contributed by atoms with E-state index < -0.39 is 0 Å². The van der Waals surface area contributed by atoms with Gasteiger partial charge in [-0.15, -0.1) is 5.10 Å². The van der Waals surface area contributed by atoms with Crippen LogP contribution >= 0.6 is 11.8 Å². The number of aromatic nitrogens is 4. The first-order valence-corrected chi connectivity index (χ1v) is 9.66. The van der Waals surface area contributed by atoms with Crippen molar-refractivity contribution in [2.45, 2.75) is 38.5 Å². The molecule has 7 nitrogen and oxygen atoms in total. The minimum atomic E-state index is -0.315. The summed E-state index contributed by atoms with van der Waals surface area (Å²) in [6.07, 6.45) is 2.65. The van der Waals surface area contributed by atoms with Crippen LogP contribution in [0.1, 0.15) is 34.5 Å². The average Bonchev–Trinajstić information content (AvgIpc) is 3.09. The summed E-state index contributed by atoms with van der Waals surface area (Å²) in [4.78, 5) is 21.0. The van der Waals surface area contributed by atoms with Crippen LogP contribution in [0.4, 0.5) is 0 Å². The molecular formula is C19H19N5O2S. The molecule has 0 bridgehead atoms. The van der Waals surface area contributed by atoms with Crippen LogP contribution in [0, 0.1) is 25.2 Å². The summed E-state index contributed by atoms with van der Waals surface area (Å²) in [5.74, 6) is 0.249. The number of benzene rings is 1. The lowest BCUT2D eigenvalue weighted by Crippen LogP contribution is -2.10. The lowest BCUT2D eigenvalue weighted by molar-refractivity contribution is -0.144. The van der Waals surface area contributed by atoms with Gasteiger partial charge in [0.1, 0.15) is 6.61 Å². The van der Waals surface area contributed by atoms with Gasteiger partial charge in [-0.05, 0) is 38.2 Å². The molecule has 2 heterocycles. The lowest BCUT2D eigenvalue weighted by Gasteiger charge is -2.10. The third kappa shape index (κ3) is 4.09. The normalized spacial score (nSPS) is 10.7. The molecule has 3 aromatic rings. The van der Waals surface area contributed by atoms with Gasteiger partial charge in [0.25, 0.3) is 5.78 Å². The van der Waals surface area contributed by atoms with Crippen molar-refractivity contribution in [1.82, 2.24) is 19.6 Å². The summed E-state index contributed by atoms with van der Waals surface area (Å²) in [7, 11) is 0. The smallest absolute Gasteiger partial charge is 0.306 e. The Morgan fingerprint density at radius 3 is 2.81 bits per heavy atom. The second kappa shape index (κ2) is 8.18. The van der Waals surface area contributed by atoms with Gasteiger partial charge in [0.15, 0.2) is 0 Å². The Kier molecular flexibility index (Phi) is 5.72. The van der Waals surface area contributed by atoms with Crippen molar-refractivity contribution >= 4 is 23.5 Å². The minimum Gasteiger partial charge on any atom is -0.461 e. The van der Waals surface area contributed by atoms with Crippen molar-refractivity contribution in [3.63, 3.8) is 0 Å². The number of aryl methyl sites for hydroxylation is 2. The number of hydrogen-bond donors (Lipinski definition) is 0. The Morgan fingerprint density at radius 1 is 1.30 bits per heavy atom. The molecule has 3 rings (SSSR count). The Labute approximate surface area is 161 Å². The van der Waals surface area contributed by atoms with Gasteiger partial charge in [0.05, 0.1) is 11.6 Å². The molecule has 0 atom stereocenters. The number of ether oxygens (including phenoxy) is 1. The van der Waals surface area contributed by atoms with Gasteiger partial charge < -0.3 is 4.74 Å². The molecule has 1 aromatic carbocycles. The second-order valence-electron chi connectivity index (χ2n) is 6.00. The lowest BCUT2D eigenvalue weighted by atomic mass is 10.1. The topological polar surface area (TPSA) is 93.2 Å². The Balaban J connectivity index is 1.67. The molecule has 0 aliphatic rings. The van der Waals surface area contributed by atoms with Crippen molar-refractivity contribution in [2.75, 3.05) is 6.26 Å². The maximum absolute atomic E-state index is 12.2. The second-order valence-corrected chi connectivity index (χ2v) is 6.77. The number of rotatable bonds is 6. The van der Waals surface area contributed by atoms with Crippen LogP contribution in [0.3, 0.4) is 0 Å². The first-order valence-electron chi connectivity index (χ1n) is 8.44. The van der Waals surface area contributed by atoms with Crippen molar-refractivity contribution in [3.05, 3.63) is 52.3 Å². The predicted molar refractivity (Wildman–Crippen MR) is 101 cm³/mol. The van der Waals surface area contributed by atoms with Crippen LogP contribution in [0.15, 0.2) is 29.4 Å². The first kappa shape index (κ1) is 18.9. The van der Waals surface area contributed by atoms with Crippen LogP contribution < -0.4 is 0 Å². The number of nitriles is 1. The van der Waals surface area contributed by atoms with Crippen molar-refractivity contribution in [3.8, 4) is 6.07 Å². The summed E-state index contributed by atoms with van der Waals surface area (Å²) < 4.78 is 7.04. The molecule has 0 N–H and O–H groups in total. The van der Waals surface area contributed by atoms with E-state index in [1.54, 1.807) is 22.7 Å². The van der Waals surface area contributed by atoms with Crippen LogP contribution in [-0.4, -0.2) is 31.8 Å². The van der Waals surface area contributed by atoms with Crippen molar-refractivity contribution < 1.29 is 9.53 Å². The monoisotopic (exact) mass is 381 g/mol. The molecule has 0 saturated heterocycles. The molecule has 2 aromatic heterocycles. The Hall–Kier alpha value is -2.92. The van der Waals surface area contributed by atoms with E-state index in [9.17, 15) is 4.79 Å². The van der Waals surface area contributed by atoms with Crippen LogP contribution in [-0.2, 0) is 22.6 Å². The number of carbonyl (C=O) groups is 1. The highest BCUT2D eigenvalue weighted by molar-refractivity contribution is 7.98. The van der Waals surface area contributed by atoms with Crippen molar-refractivity contribution in [1.29, 1.82) is 5.26 Å². The number of thioether (sulfide) groups is 1. The molecule has 27 heavy (non-hydrogen) atoms. The summed E-state index contributed by atoms with van der Waals surface area (Å²) in [5.41, 5.74) is 3.95. The molecule has 0 amide bonds. The fourth-order valence-electron chi connectivity index (χ4n) is 2.85. The zero-order valence-electron chi connectivity index (χ0n) is 15.4. The predicted octanol–water partition coefficient (Wildman–Crippen LogP) is 3.01. The third-order valence-electron chi connectivity index (χ3n) is 4.32. The maximum Gasteiger partial charge on any atom is 0.306 e. The molecule has 0 saturated carbocycles. The zero-order valence-corrected chi connectivity index (χ0v) is 16.2. The minimum absolute atomic E-state index is 0.0952. The highest BCUT2D eigenvalue weighted by Gasteiger charge is 2.15. The largest absolute Gasteiger partial charge is 0.461 e.